The minimum atomic E-state index is 0.812. The zero-order valence-corrected chi connectivity index (χ0v) is 10.1. The molecule has 0 saturated carbocycles. The van der Waals surface area contributed by atoms with Gasteiger partial charge in [0, 0.05) is 29.4 Å². The molecule has 4 aromatic rings. The van der Waals surface area contributed by atoms with Gasteiger partial charge in [-0.1, -0.05) is 30.3 Å². The third kappa shape index (κ3) is 1.57. The highest BCUT2D eigenvalue weighted by atomic mass is 15.3. The van der Waals surface area contributed by atoms with E-state index in [4.69, 9.17) is 0 Å². The fraction of sp³-hybridized carbons (Fsp3) is 0. The number of nitrogens with zero attached hydrogens (tertiary/aromatic N) is 4. The first-order valence-corrected chi connectivity index (χ1v) is 6.06. The van der Waals surface area contributed by atoms with Gasteiger partial charge in [-0.05, 0) is 11.6 Å². The summed E-state index contributed by atoms with van der Waals surface area (Å²) in [7, 11) is 0. The lowest BCUT2D eigenvalue weighted by Crippen LogP contribution is -1.95. The summed E-state index contributed by atoms with van der Waals surface area (Å²) in [6.45, 7) is 0. The van der Waals surface area contributed by atoms with Crippen molar-refractivity contribution in [2.24, 2.45) is 0 Å². The summed E-state index contributed by atoms with van der Waals surface area (Å²) in [5.41, 5.74) is 3.88. The standard InChI is InChI=1S/C15H10N4/c1-2-4-11(5-3-1)12-8-13-10-16-14-6-7-18-19(14)15(13)17-9-12/h1-10H. The van der Waals surface area contributed by atoms with E-state index in [1.54, 1.807) is 10.7 Å². The van der Waals surface area contributed by atoms with Crippen LogP contribution < -0.4 is 0 Å². The van der Waals surface area contributed by atoms with Gasteiger partial charge in [0.25, 0.3) is 0 Å². The van der Waals surface area contributed by atoms with Gasteiger partial charge < -0.3 is 0 Å². The maximum Gasteiger partial charge on any atom is 0.164 e. The van der Waals surface area contributed by atoms with E-state index in [0.29, 0.717) is 0 Å². The Kier molecular flexibility index (Phi) is 2.08. The number of benzene rings is 1. The van der Waals surface area contributed by atoms with E-state index >= 15 is 0 Å². The number of hydrogen-bond acceptors (Lipinski definition) is 3. The zero-order chi connectivity index (χ0) is 12.7. The lowest BCUT2D eigenvalue weighted by Gasteiger charge is -2.04. The second-order valence-corrected chi connectivity index (χ2v) is 4.36. The van der Waals surface area contributed by atoms with E-state index < -0.39 is 0 Å². The van der Waals surface area contributed by atoms with E-state index in [0.717, 1.165) is 27.8 Å². The molecule has 0 aliphatic carbocycles. The van der Waals surface area contributed by atoms with Gasteiger partial charge in [-0.15, -0.1) is 0 Å². The van der Waals surface area contributed by atoms with Gasteiger partial charge in [0.05, 0.1) is 6.20 Å². The molecule has 0 spiro atoms. The summed E-state index contributed by atoms with van der Waals surface area (Å²) in [5.74, 6) is 0. The predicted octanol–water partition coefficient (Wildman–Crippen LogP) is 2.94. The predicted molar refractivity (Wildman–Crippen MR) is 73.7 cm³/mol. The molecule has 0 bridgehead atoms. The van der Waals surface area contributed by atoms with Gasteiger partial charge >= 0.3 is 0 Å². The van der Waals surface area contributed by atoms with Crippen LogP contribution in [-0.2, 0) is 0 Å². The first kappa shape index (κ1) is 10.2. The highest BCUT2D eigenvalue weighted by molar-refractivity contribution is 5.81. The summed E-state index contributed by atoms with van der Waals surface area (Å²) < 4.78 is 1.75. The second-order valence-electron chi connectivity index (χ2n) is 4.36. The molecule has 90 valence electrons. The summed E-state index contributed by atoms with van der Waals surface area (Å²) >= 11 is 0. The molecular formula is C15H10N4. The van der Waals surface area contributed by atoms with Gasteiger partial charge in [-0.3, -0.25) is 0 Å². The van der Waals surface area contributed by atoms with Crippen LogP contribution in [0.15, 0.2) is 61.1 Å². The second kappa shape index (κ2) is 3.88. The highest BCUT2D eigenvalue weighted by Gasteiger charge is 2.05. The zero-order valence-electron chi connectivity index (χ0n) is 10.1. The Morgan fingerprint density at radius 2 is 1.74 bits per heavy atom. The molecule has 0 fully saturated rings. The Hall–Kier alpha value is -2.75. The minimum Gasteiger partial charge on any atom is -0.236 e. The molecule has 0 amide bonds. The summed E-state index contributed by atoms with van der Waals surface area (Å²) in [4.78, 5) is 8.88. The van der Waals surface area contributed by atoms with Crippen molar-refractivity contribution >= 4 is 16.7 Å². The topological polar surface area (TPSA) is 43.1 Å². The lowest BCUT2D eigenvalue weighted by atomic mass is 10.1. The van der Waals surface area contributed by atoms with Crippen molar-refractivity contribution in [3.05, 3.63) is 61.1 Å². The lowest BCUT2D eigenvalue weighted by molar-refractivity contribution is 0.963. The average Bonchev–Trinajstić information content (AvgIpc) is 2.96. The van der Waals surface area contributed by atoms with Crippen molar-refractivity contribution < 1.29 is 0 Å². The molecule has 0 aliphatic rings. The van der Waals surface area contributed by atoms with Crippen LogP contribution >= 0.6 is 0 Å². The van der Waals surface area contributed by atoms with Gasteiger partial charge in [0.2, 0.25) is 0 Å². The first-order chi connectivity index (χ1) is 9.42. The molecule has 4 nitrogen and oxygen atoms in total. The number of fused-ring (bicyclic) bond motifs is 3. The minimum absolute atomic E-state index is 0.812. The molecule has 19 heavy (non-hydrogen) atoms. The maximum atomic E-state index is 4.52. The fourth-order valence-electron chi connectivity index (χ4n) is 2.23. The monoisotopic (exact) mass is 246 g/mol. The molecule has 0 aliphatic heterocycles. The van der Waals surface area contributed by atoms with Crippen molar-refractivity contribution in [2.45, 2.75) is 0 Å². The van der Waals surface area contributed by atoms with Crippen LogP contribution in [0.4, 0.5) is 0 Å². The molecule has 0 radical (unpaired) electrons. The van der Waals surface area contributed by atoms with Gasteiger partial charge in [-0.2, -0.15) is 9.61 Å². The van der Waals surface area contributed by atoms with Crippen molar-refractivity contribution in [2.75, 3.05) is 0 Å². The van der Waals surface area contributed by atoms with Crippen LogP contribution in [-0.4, -0.2) is 19.6 Å². The summed E-state index contributed by atoms with van der Waals surface area (Å²) in [6.07, 6.45) is 5.44. The molecule has 1 aromatic carbocycles. The molecular weight excluding hydrogens is 236 g/mol. The van der Waals surface area contributed by atoms with E-state index in [-0.39, 0.29) is 0 Å². The Balaban J connectivity index is 1.99. The van der Waals surface area contributed by atoms with Crippen LogP contribution in [0.3, 0.4) is 0 Å². The van der Waals surface area contributed by atoms with E-state index in [9.17, 15) is 0 Å². The van der Waals surface area contributed by atoms with Crippen molar-refractivity contribution in [3.8, 4) is 11.1 Å². The van der Waals surface area contributed by atoms with Crippen LogP contribution in [0.1, 0.15) is 0 Å². The first-order valence-electron chi connectivity index (χ1n) is 6.06. The Bertz CT molecular complexity index is 865. The normalized spacial score (nSPS) is 11.2. The molecule has 0 atom stereocenters. The molecule has 0 unspecified atom stereocenters. The van der Waals surface area contributed by atoms with Crippen molar-refractivity contribution in [1.82, 2.24) is 19.6 Å². The quantitative estimate of drug-likeness (QED) is 0.518. The van der Waals surface area contributed by atoms with Gasteiger partial charge in [0.1, 0.15) is 0 Å². The van der Waals surface area contributed by atoms with Crippen molar-refractivity contribution in [3.63, 3.8) is 0 Å². The molecule has 0 saturated heterocycles. The van der Waals surface area contributed by atoms with Crippen LogP contribution in [0.5, 0.6) is 0 Å². The molecule has 4 heteroatoms. The van der Waals surface area contributed by atoms with E-state index in [1.807, 2.05) is 36.7 Å². The number of aromatic nitrogens is 4. The Labute approximate surface area is 109 Å². The summed E-state index contributed by atoms with van der Waals surface area (Å²) in [5, 5.41) is 5.22. The Morgan fingerprint density at radius 1 is 0.842 bits per heavy atom. The molecule has 3 aromatic heterocycles. The average molecular weight is 246 g/mol. The maximum absolute atomic E-state index is 4.52. The van der Waals surface area contributed by atoms with E-state index in [2.05, 4.69) is 33.3 Å². The Morgan fingerprint density at radius 3 is 2.63 bits per heavy atom. The van der Waals surface area contributed by atoms with Crippen LogP contribution in [0.25, 0.3) is 27.8 Å². The SMILES string of the molecule is c1ccc(-c2cnc3c(cnc4ccnn43)c2)cc1. The highest BCUT2D eigenvalue weighted by Crippen LogP contribution is 2.22. The van der Waals surface area contributed by atoms with E-state index in [1.165, 1.54) is 0 Å². The van der Waals surface area contributed by atoms with Crippen LogP contribution in [0.2, 0.25) is 0 Å². The smallest absolute Gasteiger partial charge is 0.164 e. The molecule has 0 N–H and O–H groups in total. The van der Waals surface area contributed by atoms with Gasteiger partial charge in [0.15, 0.2) is 11.3 Å². The van der Waals surface area contributed by atoms with Crippen molar-refractivity contribution in [1.29, 1.82) is 0 Å². The van der Waals surface area contributed by atoms with Crippen LogP contribution in [0, 0.1) is 0 Å². The summed E-state index contributed by atoms with van der Waals surface area (Å²) in [6, 6.07) is 14.2. The van der Waals surface area contributed by atoms with Gasteiger partial charge in [-0.25, -0.2) is 9.97 Å². The largest absolute Gasteiger partial charge is 0.236 e. The number of pyridine rings is 1. The third-order valence-electron chi connectivity index (χ3n) is 3.16. The number of rotatable bonds is 1. The molecule has 3 heterocycles. The molecule has 4 rings (SSSR count). The number of hydrogen-bond donors (Lipinski definition) is 0. The fourth-order valence-corrected chi connectivity index (χ4v) is 2.23. The third-order valence-corrected chi connectivity index (χ3v) is 3.16.